The number of hydrogen-bond acceptors (Lipinski definition) is 4. The van der Waals surface area contributed by atoms with Gasteiger partial charge in [0.15, 0.2) is 0 Å². The molecule has 2 aromatic rings. The summed E-state index contributed by atoms with van der Waals surface area (Å²) in [6.07, 6.45) is 0.259. The molecular formula is C20H22ClN3O3. The Bertz CT molecular complexity index is 802. The van der Waals surface area contributed by atoms with Crippen LogP contribution in [-0.4, -0.2) is 54.5 Å². The second-order valence-corrected chi connectivity index (χ2v) is 6.78. The molecule has 2 amide bonds. The summed E-state index contributed by atoms with van der Waals surface area (Å²) in [5.74, 6) is -0.00300. The molecule has 3 rings (SSSR count). The van der Waals surface area contributed by atoms with Gasteiger partial charge in [-0.25, -0.2) is 0 Å². The monoisotopic (exact) mass is 387 g/mol. The summed E-state index contributed by atoms with van der Waals surface area (Å²) in [6, 6.07) is 13.9. The Morgan fingerprint density at radius 1 is 1.00 bits per heavy atom. The predicted octanol–water partition coefficient (Wildman–Crippen LogP) is 2.51. The van der Waals surface area contributed by atoms with Gasteiger partial charge in [0.25, 0.3) is 5.91 Å². The van der Waals surface area contributed by atoms with Crippen LogP contribution in [0.25, 0.3) is 0 Å². The van der Waals surface area contributed by atoms with Crippen LogP contribution in [0.5, 0.6) is 5.75 Å². The third-order valence-corrected chi connectivity index (χ3v) is 4.92. The Morgan fingerprint density at radius 2 is 1.67 bits per heavy atom. The molecule has 0 unspecified atom stereocenters. The Hall–Kier alpha value is -2.73. The zero-order valence-electron chi connectivity index (χ0n) is 14.9. The summed E-state index contributed by atoms with van der Waals surface area (Å²) in [5.41, 5.74) is 1.45. The van der Waals surface area contributed by atoms with Crippen molar-refractivity contribution < 1.29 is 14.7 Å². The van der Waals surface area contributed by atoms with Crippen LogP contribution in [0.3, 0.4) is 0 Å². The van der Waals surface area contributed by atoms with Gasteiger partial charge in [-0.05, 0) is 36.4 Å². The molecule has 7 heteroatoms. The van der Waals surface area contributed by atoms with E-state index in [-0.39, 0.29) is 30.5 Å². The van der Waals surface area contributed by atoms with E-state index in [1.165, 1.54) is 0 Å². The maximum Gasteiger partial charge on any atom is 0.252 e. The fourth-order valence-electron chi connectivity index (χ4n) is 3.06. The van der Waals surface area contributed by atoms with E-state index in [9.17, 15) is 14.7 Å². The first-order valence-corrected chi connectivity index (χ1v) is 9.27. The van der Waals surface area contributed by atoms with Gasteiger partial charge in [-0.15, -0.1) is 0 Å². The number of aromatic hydroxyl groups is 1. The van der Waals surface area contributed by atoms with Gasteiger partial charge < -0.3 is 20.2 Å². The molecule has 0 spiro atoms. The van der Waals surface area contributed by atoms with Gasteiger partial charge in [0.1, 0.15) is 5.75 Å². The smallest absolute Gasteiger partial charge is 0.252 e. The van der Waals surface area contributed by atoms with Crippen LogP contribution < -0.4 is 10.2 Å². The molecule has 1 aliphatic rings. The maximum atomic E-state index is 12.4. The van der Waals surface area contributed by atoms with Gasteiger partial charge in [0, 0.05) is 44.8 Å². The van der Waals surface area contributed by atoms with Crippen molar-refractivity contribution in [2.45, 2.75) is 6.42 Å². The summed E-state index contributed by atoms with van der Waals surface area (Å²) >= 11 is 6.00. The number of benzene rings is 2. The van der Waals surface area contributed by atoms with E-state index < -0.39 is 0 Å². The van der Waals surface area contributed by atoms with Gasteiger partial charge in [0.05, 0.1) is 10.6 Å². The largest absolute Gasteiger partial charge is 0.508 e. The molecule has 2 aromatic carbocycles. The van der Waals surface area contributed by atoms with Crippen molar-refractivity contribution in [2.24, 2.45) is 0 Å². The summed E-state index contributed by atoms with van der Waals surface area (Å²) in [5, 5.41) is 12.5. The average molecular weight is 388 g/mol. The van der Waals surface area contributed by atoms with Crippen molar-refractivity contribution in [3.05, 3.63) is 59.1 Å². The number of rotatable bonds is 5. The lowest BCUT2D eigenvalue weighted by molar-refractivity contribution is -0.131. The number of halogens is 1. The second kappa shape index (κ2) is 8.77. The third-order valence-electron chi connectivity index (χ3n) is 4.59. The quantitative estimate of drug-likeness (QED) is 0.826. The number of piperazine rings is 1. The van der Waals surface area contributed by atoms with E-state index in [0.29, 0.717) is 23.7 Å². The molecule has 0 atom stereocenters. The van der Waals surface area contributed by atoms with Crippen LogP contribution in [0.15, 0.2) is 48.5 Å². The van der Waals surface area contributed by atoms with Crippen molar-refractivity contribution in [3.8, 4) is 5.75 Å². The van der Waals surface area contributed by atoms with Crippen molar-refractivity contribution in [1.82, 2.24) is 10.2 Å². The normalized spacial score (nSPS) is 14.1. The first-order chi connectivity index (χ1) is 13.0. The van der Waals surface area contributed by atoms with E-state index in [4.69, 9.17) is 11.6 Å². The highest BCUT2D eigenvalue weighted by Gasteiger charge is 2.21. The SMILES string of the molecule is O=C(NCCC(=O)N1CCN(c2ccc(O)cc2)CC1)c1ccccc1Cl. The van der Waals surface area contributed by atoms with Crippen molar-refractivity contribution >= 4 is 29.1 Å². The fourth-order valence-corrected chi connectivity index (χ4v) is 3.28. The highest BCUT2D eigenvalue weighted by Crippen LogP contribution is 2.20. The molecule has 0 saturated carbocycles. The maximum absolute atomic E-state index is 12.4. The topological polar surface area (TPSA) is 72.9 Å². The Kier molecular flexibility index (Phi) is 6.19. The average Bonchev–Trinajstić information content (AvgIpc) is 2.69. The van der Waals surface area contributed by atoms with E-state index in [0.717, 1.165) is 18.8 Å². The molecule has 6 nitrogen and oxygen atoms in total. The second-order valence-electron chi connectivity index (χ2n) is 6.37. The van der Waals surface area contributed by atoms with Crippen molar-refractivity contribution in [2.75, 3.05) is 37.6 Å². The number of hydrogen-bond donors (Lipinski definition) is 2. The van der Waals surface area contributed by atoms with Crippen LogP contribution >= 0.6 is 11.6 Å². The molecule has 142 valence electrons. The molecule has 1 heterocycles. The lowest BCUT2D eigenvalue weighted by Gasteiger charge is -2.36. The molecule has 0 aromatic heterocycles. The van der Waals surface area contributed by atoms with Gasteiger partial charge in [-0.2, -0.15) is 0 Å². The molecule has 1 fully saturated rings. The molecule has 0 aliphatic carbocycles. The van der Waals surface area contributed by atoms with Crippen LogP contribution in [0, 0.1) is 0 Å². The zero-order chi connectivity index (χ0) is 19.2. The summed E-state index contributed by atoms with van der Waals surface area (Å²) < 4.78 is 0. The Morgan fingerprint density at radius 3 is 2.33 bits per heavy atom. The van der Waals surface area contributed by atoms with Gasteiger partial charge in [-0.1, -0.05) is 23.7 Å². The van der Waals surface area contributed by atoms with Crippen LogP contribution in [0.1, 0.15) is 16.8 Å². The van der Waals surface area contributed by atoms with E-state index >= 15 is 0 Å². The highest BCUT2D eigenvalue weighted by molar-refractivity contribution is 6.33. The lowest BCUT2D eigenvalue weighted by Crippen LogP contribution is -2.49. The number of phenolic OH excluding ortho intramolecular Hbond substituents is 1. The molecular weight excluding hydrogens is 366 g/mol. The Balaban J connectivity index is 1.42. The van der Waals surface area contributed by atoms with Gasteiger partial charge in [0.2, 0.25) is 5.91 Å². The molecule has 1 aliphatic heterocycles. The zero-order valence-corrected chi connectivity index (χ0v) is 15.7. The van der Waals surface area contributed by atoms with Crippen molar-refractivity contribution in [1.29, 1.82) is 0 Å². The fraction of sp³-hybridized carbons (Fsp3) is 0.300. The van der Waals surface area contributed by atoms with E-state index in [1.54, 1.807) is 36.4 Å². The van der Waals surface area contributed by atoms with E-state index in [2.05, 4.69) is 10.2 Å². The molecule has 1 saturated heterocycles. The number of nitrogens with zero attached hydrogens (tertiary/aromatic N) is 2. The number of nitrogens with one attached hydrogen (secondary N) is 1. The minimum absolute atomic E-state index is 0.0276. The first-order valence-electron chi connectivity index (χ1n) is 8.89. The summed E-state index contributed by atoms with van der Waals surface area (Å²) in [4.78, 5) is 28.5. The number of carbonyl (C=O) groups is 2. The molecule has 2 N–H and O–H groups in total. The lowest BCUT2D eigenvalue weighted by atomic mass is 10.2. The highest BCUT2D eigenvalue weighted by atomic mass is 35.5. The van der Waals surface area contributed by atoms with Crippen LogP contribution in [0.4, 0.5) is 5.69 Å². The summed E-state index contributed by atoms with van der Waals surface area (Å²) in [6.45, 7) is 3.03. The van der Waals surface area contributed by atoms with Crippen LogP contribution in [-0.2, 0) is 4.79 Å². The minimum Gasteiger partial charge on any atom is -0.508 e. The Labute approximate surface area is 163 Å². The standard InChI is InChI=1S/C20H22ClN3O3/c21-18-4-2-1-3-17(18)20(27)22-10-9-19(26)24-13-11-23(12-14-24)15-5-7-16(25)8-6-15/h1-8,25H,9-14H2,(H,22,27). The molecule has 27 heavy (non-hydrogen) atoms. The first kappa shape index (κ1) is 19.0. The molecule has 0 bridgehead atoms. The predicted molar refractivity (Wildman–Crippen MR) is 105 cm³/mol. The number of amides is 2. The third kappa shape index (κ3) is 4.92. The number of carbonyl (C=O) groups excluding carboxylic acids is 2. The minimum atomic E-state index is -0.273. The van der Waals surface area contributed by atoms with Crippen molar-refractivity contribution in [3.63, 3.8) is 0 Å². The summed E-state index contributed by atoms with van der Waals surface area (Å²) in [7, 11) is 0. The van der Waals surface area contributed by atoms with Gasteiger partial charge >= 0.3 is 0 Å². The van der Waals surface area contributed by atoms with E-state index in [1.807, 2.05) is 17.0 Å². The number of anilines is 1. The van der Waals surface area contributed by atoms with Gasteiger partial charge in [-0.3, -0.25) is 9.59 Å². The number of phenols is 1. The van der Waals surface area contributed by atoms with Crippen LogP contribution in [0.2, 0.25) is 5.02 Å². The molecule has 0 radical (unpaired) electrons.